The molecule has 2 aromatic carbocycles. The predicted octanol–water partition coefficient (Wildman–Crippen LogP) is 3.33. The van der Waals surface area contributed by atoms with Crippen molar-refractivity contribution in [2.75, 3.05) is 5.32 Å². The molecule has 5 nitrogen and oxygen atoms in total. The fourth-order valence-electron chi connectivity index (χ4n) is 2.49. The van der Waals surface area contributed by atoms with E-state index >= 15 is 0 Å². The highest BCUT2D eigenvalue weighted by molar-refractivity contribution is 5.96. The molecule has 1 heterocycles. The first kappa shape index (κ1) is 14.1. The second kappa shape index (κ2) is 5.52. The van der Waals surface area contributed by atoms with Gasteiger partial charge in [0, 0.05) is 5.39 Å². The molecule has 2 N–H and O–H groups in total. The lowest BCUT2D eigenvalue weighted by Crippen LogP contribution is -2.14. The quantitative estimate of drug-likeness (QED) is 0.727. The van der Waals surface area contributed by atoms with E-state index < -0.39 is 0 Å². The number of hydrogen-bond acceptors (Lipinski definition) is 4. The Bertz CT molecular complexity index is 852. The van der Waals surface area contributed by atoms with E-state index in [0.717, 1.165) is 16.5 Å². The maximum absolute atomic E-state index is 12.1. The zero-order valence-corrected chi connectivity index (χ0v) is 12.4. The summed E-state index contributed by atoms with van der Waals surface area (Å²) < 4.78 is 5.33. The summed E-state index contributed by atoms with van der Waals surface area (Å²) in [6.45, 7) is 3.94. The van der Waals surface area contributed by atoms with E-state index in [4.69, 9.17) is 4.52 Å². The van der Waals surface area contributed by atoms with Crippen LogP contribution < -0.4 is 5.32 Å². The molecule has 1 amide bonds. The Morgan fingerprint density at radius 2 is 2.05 bits per heavy atom. The molecule has 0 aliphatic heterocycles. The number of carbonyl (C=O) groups excluding carboxylic acids is 1. The average Bonchev–Trinajstić information content (AvgIpc) is 2.85. The largest absolute Gasteiger partial charge is 0.506 e. The molecule has 0 radical (unpaired) electrons. The fourth-order valence-corrected chi connectivity index (χ4v) is 2.49. The Morgan fingerprint density at radius 3 is 2.82 bits per heavy atom. The van der Waals surface area contributed by atoms with Crippen molar-refractivity contribution < 1.29 is 14.4 Å². The van der Waals surface area contributed by atoms with E-state index in [1.165, 1.54) is 6.07 Å². The van der Waals surface area contributed by atoms with Crippen LogP contribution in [0.2, 0.25) is 0 Å². The van der Waals surface area contributed by atoms with E-state index in [9.17, 15) is 9.90 Å². The first-order chi connectivity index (χ1) is 10.5. The summed E-state index contributed by atoms with van der Waals surface area (Å²) in [6.07, 6.45) is 0.0875. The molecular weight excluding hydrogens is 280 g/mol. The molecule has 3 aromatic rings. The molecular formula is C17H16N2O3. The Kier molecular flexibility index (Phi) is 3.55. The number of nitrogens with zero attached hydrogens (tertiary/aromatic N) is 1. The van der Waals surface area contributed by atoms with Gasteiger partial charge in [-0.1, -0.05) is 23.4 Å². The van der Waals surface area contributed by atoms with Gasteiger partial charge in [0.25, 0.3) is 0 Å². The van der Waals surface area contributed by atoms with Gasteiger partial charge in [0.2, 0.25) is 5.91 Å². The van der Waals surface area contributed by atoms with Crippen LogP contribution in [0, 0.1) is 13.8 Å². The van der Waals surface area contributed by atoms with Crippen LogP contribution in [0.4, 0.5) is 5.69 Å². The van der Waals surface area contributed by atoms with Crippen molar-refractivity contribution in [1.82, 2.24) is 5.16 Å². The number of benzene rings is 2. The molecule has 1 aromatic heterocycles. The minimum absolute atomic E-state index is 0.0348. The molecule has 5 heteroatoms. The van der Waals surface area contributed by atoms with Gasteiger partial charge in [-0.2, -0.15) is 0 Å². The molecule has 0 aliphatic carbocycles. The number of aromatic hydroxyl groups is 1. The van der Waals surface area contributed by atoms with Crippen LogP contribution in [-0.2, 0) is 11.2 Å². The number of para-hydroxylation sites is 2. The number of aryl methyl sites for hydroxylation is 2. The third kappa shape index (κ3) is 2.65. The lowest BCUT2D eigenvalue weighted by Gasteiger charge is -2.06. The Balaban J connectivity index is 1.84. The molecule has 0 saturated carbocycles. The summed E-state index contributed by atoms with van der Waals surface area (Å²) in [7, 11) is 0. The highest BCUT2D eigenvalue weighted by Crippen LogP contribution is 2.25. The van der Waals surface area contributed by atoms with Crippen molar-refractivity contribution in [3.63, 3.8) is 0 Å². The van der Waals surface area contributed by atoms with Crippen LogP contribution in [0.1, 0.15) is 16.8 Å². The number of amides is 1. The molecule has 0 spiro atoms. The number of fused-ring (bicyclic) bond motifs is 1. The first-order valence-electron chi connectivity index (χ1n) is 6.98. The van der Waals surface area contributed by atoms with Crippen molar-refractivity contribution in [3.8, 4) is 5.75 Å². The number of hydrogen-bond donors (Lipinski definition) is 2. The zero-order chi connectivity index (χ0) is 15.7. The summed E-state index contributed by atoms with van der Waals surface area (Å²) in [6, 6.07) is 10.6. The van der Waals surface area contributed by atoms with Gasteiger partial charge in [-0.05, 0) is 43.2 Å². The Morgan fingerprint density at radius 1 is 1.27 bits per heavy atom. The highest BCUT2D eigenvalue weighted by Gasteiger charge is 2.15. The lowest BCUT2D eigenvalue weighted by molar-refractivity contribution is -0.115. The summed E-state index contributed by atoms with van der Waals surface area (Å²) in [5.74, 6) is -0.219. The van der Waals surface area contributed by atoms with E-state index in [1.54, 1.807) is 18.2 Å². The van der Waals surface area contributed by atoms with Crippen LogP contribution >= 0.6 is 0 Å². The molecule has 0 fully saturated rings. The molecule has 0 saturated heterocycles. The van der Waals surface area contributed by atoms with Gasteiger partial charge in [-0.25, -0.2) is 0 Å². The summed E-state index contributed by atoms with van der Waals surface area (Å²) in [4.78, 5) is 12.1. The van der Waals surface area contributed by atoms with Gasteiger partial charge in [0.1, 0.15) is 11.4 Å². The molecule has 0 unspecified atom stereocenters. The standard InChI is InChI=1S/C17H16N2O3/c1-10-7-11(2)17-12(8-10)14(19-22-17)9-16(21)18-13-5-3-4-6-15(13)20/h3-8,20H,9H2,1-2H3,(H,18,21). The van der Waals surface area contributed by atoms with Crippen molar-refractivity contribution in [2.45, 2.75) is 20.3 Å². The van der Waals surface area contributed by atoms with Crippen molar-refractivity contribution in [2.24, 2.45) is 0 Å². The predicted molar refractivity (Wildman–Crippen MR) is 83.9 cm³/mol. The SMILES string of the molecule is Cc1cc(C)c2onc(CC(=O)Nc3ccccc3O)c2c1. The summed E-state index contributed by atoms with van der Waals surface area (Å²) >= 11 is 0. The van der Waals surface area contributed by atoms with Crippen LogP contribution in [-0.4, -0.2) is 16.2 Å². The zero-order valence-electron chi connectivity index (χ0n) is 12.4. The number of carbonyl (C=O) groups is 1. The number of phenols is 1. The average molecular weight is 296 g/mol. The smallest absolute Gasteiger partial charge is 0.230 e. The maximum Gasteiger partial charge on any atom is 0.230 e. The second-order valence-electron chi connectivity index (χ2n) is 5.33. The van der Waals surface area contributed by atoms with E-state index in [-0.39, 0.29) is 18.1 Å². The first-order valence-corrected chi connectivity index (χ1v) is 6.98. The van der Waals surface area contributed by atoms with Gasteiger partial charge < -0.3 is 14.9 Å². The van der Waals surface area contributed by atoms with Crippen molar-refractivity contribution in [1.29, 1.82) is 0 Å². The number of rotatable bonds is 3. The van der Waals surface area contributed by atoms with E-state index in [2.05, 4.69) is 10.5 Å². The number of phenolic OH excluding ortho intramolecular Hbond substituents is 1. The number of aromatic nitrogens is 1. The minimum Gasteiger partial charge on any atom is -0.506 e. The van der Waals surface area contributed by atoms with Gasteiger partial charge >= 0.3 is 0 Å². The van der Waals surface area contributed by atoms with Crippen LogP contribution in [0.5, 0.6) is 5.75 Å². The molecule has 0 bridgehead atoms. The molecule has 3 rings (SSSR count). The normalized spacial score (nSPS) is 10.8. The summed E-state index contributed by atoms with van der Waals surface area (Å²) in [5.41, 5.74) is 3.77. The minimum atomic E-state index is -0.254. The second-order valence-corrected chi connectivity index (χ2v) is 5.33. The van der Waals surface area contributed by atoms with Gasteiger partial charge in [-0.3, -0.25) is 4.79 Å². The molecule has 0 aliphatic rings. The van der Waals surface area contributed by atoms with Crippen LogP contribution in [0.3, 0.4) is 0 Å². The monoisotopic (exact) mass is 296 g/mol. The number of anilines is 1. The Hall–Kier alpha value is -2.82. The topological polar surface area (TPSA) is 75.4 Å². The number of nitrogens with one attached hydrogen (secondary N) is 1. The Labute approximate surface area is 127 Å². The lowest BCUT2D eigenvalue weighted by atomic mass is 10.1. The van der Waals surface area contributed by atoms with Crippen molar-refractivity contribution in [3.05, 3.63) is 53.2 Å². The van der Waals surface area contributed by atoms with E-state index in [1.807, 2.05) is 26.0 Å². The highest BCUT2D eigenvalue weighted by atomic mass is 16.5. The van der Waals surface area contributed by atoms with E-state index in [0.29, 0.717) is 17.0 Å². The maximum atomic E-state index is 12.1. The van der Waals surface area contributed by atoms with Gasteiger partial charge in [0.05, 0.1) is 12.1 Å². The van der Waals surface area contributed by atoms with Gasteiger partial charge in [-0.15, -0.1) is 0 Å². The molecule has 0 atom stereocenters. The summed E-state index contributed by atoms with van der Waals surface area (Å²) in [5, 5.41) is 17.2. The fraction of sp³-hybridized carbons (Fsp3) is 0.176. The van der Waals surface area contributed by atoms with Crippen molar-refractivity contribution >= 4 is 22.6 Å². The van der Waals surface area contributed by atoms with Crippen LogP contribution in [0.25, 0.3) is 11.0 Å². The molecule has 22 heavy (non-hydrogen) atoms. The van der Waals surface area contributed by atoms with Crippen LogP contribution in [0.15, 0.2) is 40.9 Å². The third-order valence-corrected chi connectivity index (χ3v) is 3.48. The third-order valence-electron chi connectivity index (χ3n) is 3.48. The van der Waals surface area contributed by atoms with Gasteiger partial charge in [0.15, 0.2) is 5.58 Å². The molecule has 112 valence electrons.